The van der Waals surface area contributed by atoms with Crippen LogP contribution in [0.5, 0.6) is 11.5 Å². The second kappa shape index (κ2) is 62.3. The predicted octanol–water partition coefficient (Wildman–Crippen LogP) is 21.9. The Morgan fingerprint density at radius 3 is 0.338 bits per heavy atom. The van der Waals surface area contributed by atoms with Crippen molar-refractivity contribution in [3.8, 4) is 11.5 Å². The van der Waals surface area contributed by atoms with Gasteiger partial charge in [0, 0.05) is 23.6 Å². The van der Waals surface area contributed by atoms with Crippen LogP contribution in [0, 0.1) is 0 Å². The SMILES string of the molecule is COc1ccc(P([O-])(=S)[S-])cc1.COc1ccc(P([O-])(=S)[S-])cc1.[Ag+].[Ag+].[Ag+].[Ag+].c1ccc(P(CP(c2ccccc2)c2ccccc2)c2ccccc2)cc1.c1ccc(P(CP(c2ccccc2)c2ccccc2)c2ccccc2)cc1.c1ccc(P(CP(c2ccccc2)c2ccccc2)c2ccccc2)cc1.c1ccc(P(CP(c2ccccc2)c2ccccc2)c2ccccc2)cc1. The summed E-state index contributed by atoms with van der Waals surface area (Å²) in [5.74, 6) is 6.10. The number of methoxy groups -OCH3 is 2. The molecule has 18 aromatic carbocycles. The summed E-state index contributed by atoms with van der Waals surface area (Å²) >= 11 is 18.6. The molecule has 18 rings (SSSR count). The van der Waals surface area contributed by atoms with E-state index in [1.807, 2.05) is 0 Å². The van der Waals surface area contributed by atoms with E-state index in [9.17, 15) is 9.79 Å². The summed E-state index contributed by atoms with van der Waals surface area (Å²) < 4.78 is 9.85. The summed E-state index contributed by atoms with van der Waals surface area (Å²) in [4.78, 5) is 22.4. The molecule has 0 bridgehead atoms. The van der Waals surface area contributed by atoms with Crippen molar-refractivity contribution in [3.63, 3.8) is 0 Å². The molecule has 18 aromatic rings. The molecule has 2 atom stereocenters. The molecule has 0 radical (unpaired) electrons. The first-order chi connectivity index (χ1) is 64.7. The molecule has 0 aliphatic carbocycles. The summed E-state index contributed by atoms with van der Waals surface area (Å²) in [6.45, 7) is 0. The smallest absolute Gasteiger partial charge is 0.835 e. The van der Waals surface area contributed by atoms with E-state index < -0.39 is 74.3 Å². The van der Waals surface area contributed by atoms with E-state index in [2.05, 4.69) is 533 Å². The van der Waals surface area contributed by atoms with Gasteiger partial charge in [-0.15, -0.1) is 23.6 Å². The minimum atomic E-state index is -2.94. The first-order valence-corrected chi connectivity index (χ1v) is 62.8. The van der Waals surface area contributed by atoms with Crippen LogP contribution in [-0.2, 0) is 138 Å². The van der Waals surface area contributed by atoms with Crippen LogP contribution in [0.2, 0.25) is 0 Å². The van der Waals surface area contributed by atoms with Gasteiger partial charge >= 0.3 is 89.5 Å². The minimum Gasteiger partial charge on any atom is -0.835 e. The fourth-order valence-corrected chi connectivity index (χ4v) is 42.7. The van der Waals surface area contributed by atoms with Crippen LogP contribution >= 0.6 is 74.3 Å². The van der Waals surface area contributed by atoms with E-state index >= 15 is 0 Å². The number of ether oxygens (including phenoxy) is 2. The maximum atomic E-state index is 11.2. The molecule has 0 saturated heterocycles. The summed E-state index contributed by atoms with van der Waals surface area (Å²) in [5, 5.41) is 24.3. The molecule has 0 heterocycles. The van der Waals surface area contributed by atoms with Crippen LogP contribution in [0.1, 0.15) is 0 Å². The predicted molar refractivity (Wildman–Crippen MR) is 601 cm³/mol. The molecule has 22 heteroatoms. The van der Waals surface area contributed by atoms with E-state index in [0.29, 0.717) is 22.1 Å². The zero-order valence-corrected chi connectivity index (χ0v) is 92.7. The van der Waals surface area contributed by atoms with Crippen LogP contribution in [0.25, 0.3) is 0 Å². The van der Waals surface area contributed by atoms with E-state index in [0.717, 1.165) is 0 Å². The zero-order chi connectivity index (χ0) is 91.6. The van der Waals surface area contributed by atoms with Crippen molar-refractivity contribution in [2.75, 3.05) is 37.8 Å². The van der Waals surface area contributed by atoms with Crippen LogP contribution in [0.4, 0.5) is 0 Å². The molecular formula is C114H102Ag4O4P10S4. The molecule has 0 amide bonds. The van der Waals surface area contributed by atoms with Crippen LogP contribution in [0.15, 0.2) is 534 Å². The largest absolute Gasteiger partial charge is 1.00 e. The van der Waals surface area contributed by atoms with Crippen molar-refractivity contribution >= 4 is 218 Å². The van der Waals surface area contributed by atoms with Gasteiger partial charge in [-0.05, 0) is 173 Å². The third-order valence-corrected chi connectivity index (χ3v) is 49.2. The number of hydrogen-bond donors (Lipinski definition) is 0. The number of benzene rings is 18. The molecule has 4 nitrogen and oxygen atoms in total. The van der Waals surface area contributed by atoms with Gasteiger partial charge in [0.05, 0.1) is 14.2 Å². The average Bonchev–Trinajstić information content (AvgIpc) is 0.822. The van der Waals surface area contributed by atoms with Gasteiger partial charge in [0.25, 0.3) is 0 Å². The van der Waals surface area contributed by atoms with Crippen LogP contribution in [-0.4, -0.2) is 37.8 Å². The van der Waals surface area contributed by atoms with Gasteiger partial charge in [0.1, 0.15) is 11.5 Å². The first-order valence-electron chi connectivity index (χ1n) is 43.1. The molecular weight excluding hydrogens is 2300 g/mol. The van der Waals surface area contributed by atoms with E-state index in [1.54, 1.807) is 62.8 Å². The first kappa shape index (κ1) is 113. The van der Waals surface area contributed by atoms with E-state index in [1.165, 1.54) is 108 Å². The van der Waals surface area contributed by atoms with Crippen molar-refractivity contribution in [2.24, 2.45) is 0 Å². The molecule has 2 unspecified atom stereocenters. The van der Waals surface area contributed by atoms with Crippen molar-refractivity contribution in [3.05, 3.63) is 534 Å². The minimum absolute atomic E-state index is 0. The topological polar surface area (TPSA) is 64.6 Å². The second-order valence-corrected chi connectivity index (χ2v) is 60.0. The molecule has 0 spiro atoms. The summed E-state index contributed by atoms with van der Waals surface area (Å²) in [6, 6.07) is 190. The van der Waals surface area contributed by atoms with Crippen LogP contribution < -0.4 is 115 Å². The Labute approximate surface area is 899 Å². The van der Waals surface area contributed by atoms with Gasteiger partial charge in [0.15, 0.2) is 0 Å². The van der Waals surface area contributed by atoms with E-state index in [4.69, 9.17) is 9.47 Å². The Balaban J connectivity index is 0.000000186. The zero-order valence-electron chi connectivity index (χ0n) is 74.6. The van der Waals surface area contributed by atoms with E-state index in [-0.39, 0.29) is 89.5 Å². The molecule has 700 valence electrons. The molecule has 0 saturated carbocycles. The summed E-state index contributed by atoms with van der Waals surface area (Å²) in [6.07, 6.45) is 0. The molecule has 0 aromatic heterocycles. The maximum Gasteiger partial charge on any atom is 1.00 e. The van der Waals surface area contributed by atoms with Crippen LogP contribution in [0.3, 0.4) is 0 Å². The van der Waals surface area contributed by atoms with Gasteiger partial charge in [-0.1, -0.05) is 520 Å². The standard InChI is InChI=1S/4C25H22P2.2C7H9O2PS2.4Ag/c4*1-5-13-22(14-6-1)26(23-15-7-2-8-16-23)21-27(24-17-9-3-10-18-24)25-19-11-4-12-20-25;2*1-9-6-2-4-7(5-3-6)10(8,11)12;;;;/h4*1-20H,21H2;2*2-5H,1H3,(H2,8,11,12);;;;/q;;;;;;4*+1/p-4. The fourth-order valence-electron chi connectivity index (χ4n) is 14.3. The van der Waals surface area contributed by atoms with Crippen molar-refractivity contribution < 1.29 is 109 Å². The van der Waals surface area contributed by atoms with Gasteiger partial charge in [-0.25, -0.2) is 10.9 Å². The second-order valence-electron chi connectivity index (χ2n) is 29.7. The summed E-state index contributed by atoms with van der Waals surface area (Å²) in [5.41, 5.74) is -5.87. The van der Waals surface area contributed by atoms with Gasteiger partial charge in [0.2, 0.25) is 0 Å². The molecule has 0 aliphatic rings. The van der Waals surface area contributed by atoms with Gasteiger partial charge in [-0.2, -0.15) is 0 Å². The van der Waals surface area contributed by atoms with Gasteiger partial charge in [-0.3, -0.25) is 0 Å². The Kier molecular flexibility index (Phi) is 52.0. The monoisotopic (exact) mass is 2400 g/mol. The molecule has 0 fully saturated rings. The third-order valence-electron chi connectivity index (χ3n) is 21.0. The van der Waals surface area contributed by atoms with Gasteiger partial charge < -0.3 is 43.8 Å². The number of hydrogen-bond acceptors (Lipinski definition) is 8. The maximum absolute atomic E-state index is 11.2. The normalized spacial score (nSPS) is 11.5. The molecule has 0 aliphatic heterocycles. The summed E-state index contributed by atoms with van der Waals surface area (Å²) in [7, 11) is -0.138. The number of rotatable bonds is 28. The fraction of sp³-hybridized carbons (Fsp3) is 0.0526. The quantitative estimate of drug-likeness (QED) is 0.0273. The third kappa shape index (κ3) is 36.4. The average molecular weight is 2410 g/mol. The molecule has 0 N–H and O–H groups in total. The Hall–Kier alpha value is -6.12. The van der Waals surface area contributed by atoms with Crippen molar-refractivity contribution in [1.82, 2.24) is 0 Å². The van der Waals surface area contributed by atoms with Crippen molar-refractivity contribution in [2.45, 2.75) is 0 Å². The Morgan fingerprint density at radius 2 is 0.265 bits per heavy atom. The Morgan fingerprint density at radius 1 is 0.176 bits per heavy atom. The molecule has 136 heavy (non-hydrogen) atoms. The Bertz CT molecular complexity index is 5000. The van der Waals surface area contributed by atoms with Crippen molar-refractivity contribution in [1.29, 1.82) is 0 Å².